The molecule has 15 heavy (non-hydrogen) atoms. The second-order valence-electron chi connectivity index (χ2n) is 3.78. The van der Waals surface area contributed by atoms with Crippen molar-refractivity contribution < 1.29 is 13.5 Å². The molecule has 0 atom stereocenters. The Labute approximate surface area is 87.9 Å². The Bertz CT molecular complexity index is 225. The first-order valence-electron chi connectivity index (χ1n) is 4.94. The number of hydrogen-bond donors (Lipinski definition) is 2. The molecule has 0 aromatic heterocycles. The third kappa shape index (κ3) is 4.42. The summed E-state index contributed by atoms with van der Waals surface area (Å²) in [5, 5.41) is 2.82. The Kier molecular flexibility index (Phi) is 4.26. The van der Waals surface area contributed by atoms with E-state index >= 15 is 0 Å². The summed E-state index contributed by atoms with van der Waals surface area (Å²) in [6.07, 6.45) is -0.135. The van der Waals surface area contributed by atoms with Crippen LogP contribution >= 0.6 is 0 Å². The van der Waals surface area contributed by atoms with E-state index in [1.807, 2.05) is 0 Å². The SMILES string of the molecule is COCCNC(N)=NCC1CC(F)(F)C1. The molecule has 0 aliphatic heterocycles. The van der Waals surface area contributed by atoms with Crippen molar-refractivity contribution in [1.82, 2.24) is 5.32 Å². The number of alkyl halides is 2. The summed E-state index contributed by atoms with van der Waals surface area (Å²) in [5.41, 5.74) is 5.50. The van der Waals surface area contributed by atoms with Crippen LogP contribution in [0.3, 0.4) is 0 Å². The van der Waals surface area contributed by atoms with Crippen LogP contribution in [0.2, 0.25) is 0 Å². The number of aliphatic imine (C=N–C) groups is 1. The van der Waals surface area contributed by atoms with Gasteiger partial charge in [0.05, 0.1) is 6.61 Å². The number of rotatable bonds is 5. The predicted octanol–water partition coefficient (Wildman–Crippen LogP) is 0.582. The monoisotopic (exact) mass is 221 g/mol. The van der Waals surface area contributed by atoms with Gasteiger partial charge >= 0.3 is 0 Å². The van der Waals surface area contributed by atoms with E-state index in [0.29, 0.717) is 25.7 Å². The highest BCUT2D eigenvalue weighted by molar-refractivity contribution is 5.77. The topological polar surface area (TPSA) is 59.6 Å². The summed E-state index contributed by atoms with van der Waals surface area (Å²) in [6.45, 7) is 1.49. The Hall–Kier alpha value is -0.910. The van der Waals surface area contributed by atoms with E-state index in [4.69, 9.17) is 10.5 Å². The largest absolute Gasteiger partial charge is 0.383 e. The van der Waals surface area contributed by atoms with Gasteiger partial charge in [0.25, 0.3) is 0 Å². The molecule has 6 heteroatoms. The third-order valence-corrected chi connectivity index (χ3v) is 2.31. The molecular weight excluding hydrogens is 204 g/mol. The molecule has 0 heterocycles. The molecule has 0 saturated heterocycles. The fourth-order valence-corrected chi connectivity index (χ4v) is 1.48. The average Bonchev–Trinajstić information content (AvgIpc) is 2.11. The van der Waals surface area contributed by atoms with Gasteiger partial charge in [-0.2, -0.15) is 0 Å². The van der Waals surface area contributed by atoms with Crippen molar-refractivity contribution in [2.75, 3.05) is 26.8 Å². The average molecular weight is 221 g/mol. The molecule has 0 radical (unpaired) electrons. The molecule has 0 amide bonds. The minimum atomic E-state index is -2.47. The van der Waals surface area contributed by atoms with E-state index in [0.717, 1.165) is 0 Å². The fourth-order valence-electron chi connectivity index (χ4n) is 1.48. The first-order chi connectivity index (χ1) is 7.03. The maximum absolute atomic E-state index is 12.4. The number of nitrogens with two attached hydrogens (primary N) is 1. The number of halogens is 2. The molecular formula is C9H17F2N3O. The standard InChI is InChI=1S/C9H17F2N3O/c1-15-3-2-13-8(12)14-6-7-4-9(10,11)5-7/h7H,2-6H2,1H3,(H3,12,13,14). The molecule has 0 aromatic carbocycles. The van der Waals surface area contributed by atoms with Crippen LogP contribution in [0.15, 0.2) is 4.99 Å². The smallest absolute Gasteiger partial charge is 0.248 e. The van der Waals surface area contributed by atoms with Gasteiger partial charge < -0.3 is 15.8 Å². The number of ether oxygens (including phenoxy) is 1. The minimum absolute atomic E-state index is 0.0252. The van der Waals surface area contributed by atoms with E-state index in [9.17, 15) is 8.78 Å². The summed E-state index contributed by atoms with van der Waals surface area (Å²) in [4.78, 5) is 3.98. The van der Waals surface area contributed by atoms with E-state index in [1.165, 1.54) is 0 Å². The Morgan fingerprint density at radius 2 is 2.27 bits per heavy atom. The Morgan fingerprint density at radius 1 is 1.60 bits per heavy atom. The van der Waals surface area contributed by atoms with Gasteiger partial charge in [0.2, 0.25) is 5.92 Å². The maximum atomic E-state index is 12.4. The van der Waals surface area contributed by atoms with Gasteiger partial charge in [-0.05, 0) is 5.92 Å². The van der Waals surface area contributed by atoms with Crippen molar-refractivity contribution in [3.05, 3.63) is 0 Å². The molecule has 1 aliphatic rings. The highest BCUT2D eigenvalue weighted by atomic mass is 19.3. The van der Waals surface area contributed by atoms with E-state index in [1.54, 1.807) is 7.11 Å². The number of nitrogens with zero attached hydrogens (tertiary/aromatic N) is 1. The highest BCUT2D eigenvalue weighted by Gasteiger charge is 2.44. The summed E-state index contributed by atoms with van der Waals surface area (Å²) >= 11 is 0. The number of hydrogen-bond acceptors (Lipinski definition) is 2. The van der Waals surface area contributed by atoms with Crippen molar-refractivity contribution in [3.8, 4) is 0 Å². The molecule has 1 rings (SSSR count). The molecule has 0 bridgehead atoms. The summed E-state index contributed by atoms with van der Waals surface area (Å²) in [5.74, 6) is -2.21. The summed E-state index contributed by atoms with van der Waals surface area (Å²) < 4.78 is 29.7. The Morgan fingerprint density at radius 3 is 2.80 bits per heavy atom. The molecule has 0 spiro atoms. The zero-order valence-electron chi connectivity index (χ0n) is 8.80. The Balaban J connectivity index is 2.10. The second-order valence-corrected chi connectivity index (χ2v) is 3.78. The van der Waals surface area contributed by atoms with E-state index in [-0.39, 0.29) is 18.8 Å². The normalized spacial score (nSPS) is 21.1. The van der Waals surface area contributed by atoms with Gasteiger partial charge in [-0.3, -0.25) is 4.99 Å². The number of methoxy groups -OCH3 is 1. The molecule has 88 valence electrons. The third-order valence-electron chi connectivity index (χ3n) is 2.31. The lowest BCUT2D eigenvalue weighted by molar-refractivity contribution is -0.107. The highest BCUT2D eigenvalue weighted by Crippen LogP contribution is 2.42. The number of nitrogens with one attached hydrogen (secondary N) is 1. The van der Waals surface area contributed by atoms with Crippen LogP contribution in [0.5, 0.6) is 0 Å². The minimum Gasteiger partial charge on any atom is -0.383 e. The van der Waals surface area contributed by atoms with Crippen LogP contribution in [-0.2, 0) is 4.74 Å². The first-order valence-corrected chi connectivity index (χ1v) is 4.94. The van der Waals surface area contributed by atoms with Crippen molar-refractivity contribution in [2.45, 2.75) is 18.8 Å². The van der Waals surface area contributed by atoms with E-state index < -0.39 is 5.92 Å². The van der Waals surface area contributed by atoms with Gasteiger partial charge in [0.15, 0.2) is 5.96 Å². The van der Waals surface area contributed by atoms with Crippen molar-refractivity contribution in [3.63, 3.8) is 0 Å². The van der Waals surface area contributed by atoms with Gasteiger partial charge in [0.1, 0.15) is 0 Å². The van der Waals surface area contributed by atoms with Gasteiger partial charge in [-0.15, -0.1) is 0 Å². The van der Waals surface area contributed by atoms with Gasteiger partial charge in [-0.25, -0.2) is 8.78 Å². The van der Waals surface area contributed by atoms with Crippen molar-refractivity contribution >= 4 is 5.96 Å². The fraction of sp³-hybridized carbons (Fsp3) is 0.889. The number of guanidine groups is 1. The predicted molar refractivity (Wildman–Crippen MR) is 54.0 cm³/mol. The van der Waals surface area contributed by atoms with Gasteiger partial charge in [0, 0.05) is 33.0 Å². The molecule has 1 saturated carbocycles. The zero-order chi connectivity index (χ0) is 11.3. The lowest BCUT2D eigenvalue weighted by Gasteiger charge is -2.33. The van der Waals surface area contributed by atoms with Crippen LogP contribution in [0.1, 0.15) is 12.8 Å². The van der Waals surface area contributed by atoms with E-state index in [2.05, 4.69) is 10.3 Å². The van der Waals surface area contributed by atoms with Gasteiger partial charge in [-0.1, -0.05) is 0 Å². The maximum Gasteiger partial charge on any atom is 0.248 e. The lowest BCUT2D eigenvalue weighted by atomic mass is 9.81. The van der Waals surface area contributed by atoms with Crippen molar-refractivity contribution in [1.29, 1.82) is 0 Å². The van der Waals surface area contributed by atoms with Crippen LogP contribution in [0, 0.1) is 5.92 Å². The summed E-state index contributed by atoms with van der Waals surface area (Å²) in [6, 6.07) is 0. The molecule has 1 fully saturated rings. The van der Waals surface area contributed by atoms with Crippen LogP contribution in [-0.4, -0.2) is 38.7 Å². The molecule has 1 aliphatic carbocycles. The summed E-state index contributed by atoms with van der Waals surface area (Å²) in [7, 11) is 1.59. The molecule has 0 unspecified atom stereocenters. The quantitative estimate of drug-likeness (QED) is 0.405. The van der Waals surface area contributed by atoms with Crippen LogP contribution in [0.25, 0.3) is 0 Å². The molecule has 0 aromatic rings. The second kappa shape index (κ2) is 5.25. The zero-order valence-corrected chi connectivity index (χ0v) is 8.80. The lowest BCUT2D eigenvalue weighted by Crippen LogP contribution is -2.39. The van der Waals surface area contributed by atoms with Crippen LogP contribution in [0.4, 0.5) is 8.78 Å². The molecule has 3 N–H and O–H groups in total. The molecule has 4 nitrogen and oxygen atoms in total. The first kappa shape index (κ1) is 12.2. The van der Waals surface area contributed by atoms with Crippen LogP contribution < -0.4 is 11.1 Å². The van der Waals surface area contributed by atoms with Crippen molar-refractivity contribution in [2.24, 2.45) is 16.6 Å².